The maximum absolute atomic E-state index is 12.6. The number of nitrogens with one attached hydrogen (secondary N) is 1. The first-order chi connectivity index (χ1) is 9.56. The van der Waals surface area contributed by atoms with Gasteiger partial charge in [-0.05, 0) is 48.9 Å². The smallest absolute Gasteiger partial charge is 0.195 e. The van der Waals surface area contributed by atoms with E-state index in [1.54, 1.807) is 36.5 Å². The van der Waals surface area contributed by atoms with Gasteiger partial charge in [0.1, 0.15) is 0 Å². The van der Waals surface area contributed by atoms with Crippen molar-refractivity contribution in [3.8, 4) is 0 Å². The number of carbonyl (C=O) groups excluding carboxylic acids is 1. The molecule has 20 heavy (non-hydrogen) atoms. The van der Waals surface area contributed by atoms with Gasteiger partial charge < -0.3 is 4.98 Å². The van der Waals surface area contributed by atoms with Crippen LogP contribution >= 0.6 is 23.2 Å². The number of aromatic amines is 1. The molecule has 0 radical (unpaired) electrons. The average Bonchev–Trinajstić information content (AvgIpc) is 2.84. The lowest BCUT2D eigenvalue weighted by Crippen LogP contribution is -2.00. The second kappa shape index (κ2) is 4.97. The van der Waals surface area contributed by atoms with Gasteiger partial charge in [-0.15, -0.1) is 0 Å². The van der Waals surface area contributed by atoms with Gasteiger partial charge in [0, 0.05) is 38.3 Å². The molecule has 100 valence electrons. The number of H-pyrrole nitrogens is 1. The van der Waals surface area contributed by atoms with Crippen molar-refractivity contribution in [3.63, 3.8) is 0 Å². The van der Waals surface area contributed by atoms with Crippen LogP contribution in [0.4, 0.5) is 0 Å². The van der Waals surface area contributed by atoms with Crippen molar-refractivity contribution in [3.05, 3.63) is 69.3 Å². The van der Waals surface area contributed by atoms with Gasteiger partial charge >= 0.3 is 0 Å². The molecule has 0 amide bonds. The van der Waals surface area contributed by atoms with E-state index in [9.17, 15) is 4.79 Å². The molecule has 0 saturated heterocycles. The number of halogens is 2. The van der Waals surface area contributed by atoms with E-state index >= 15 is 0 Å². The van der Waals surface area contributed by atoms with Crippen LogP contribution in [0.15, 0.2) is 42.6 Å². The zero-order valence-electron chi connectivity index (χ0n) is 10.7. The molecule has 4 heteroatoms. The van der Waals surface area contributed by atoms with Crippen LogP contribution in [0.25, 0.3) is 10.9 Å². The number of aryl methyl sites for hydroxylation is 1. The predicted octanol–water partition coefficient (Wildman–Crippen LogP) is 5.01. The minimum absolute atomic E-state index is 0.0433. The summed E-state index contributed by atoms with van der Waals surface area (Å²) in [5, 5.41) is 2.09. The van der Waals surface area contributed by atoms with E-state index in [0.29, 0.717) is 21.2 Å². The number of benzene rings is 2. The maximum atomic E-state index is 12.6. The Balaban J connectivity index is 2.12. The molecule has 3 rings (SSSR count). The molecule has 0 atom stereocenters. The number of aromatic nitrogens is 1. The van der Waals surface area contributed by atoms with Crippen molar-refractivity contribution in [2.75, 3.05) is 0 Å². The predicted molar refractivity (Wildman–Crippen MR) is 82.9 cm³/mol. The van der Waals surface area contributed by atoms with Gasteiger partial charge in [-0.3, -0.25) is 4.79 Å². The monoisotopic (exact) mass is 303 g/mol. The zero-order chi connectivity index (χ0) is 14.3. The Morgan fingerprint density at radius 2 is 1.90 bits per heavy atom. The summed E-state index contributed by atoms with van der Waals surface area (Å²) in [4.78, 5) is 15.7. The number of hydrogen-bond acceptors (Lipinski definition) is 1. The molecule has 0 fully saturated rings. The normalized spacial score (nSPS) is 10.9. The van der Waals surface area contributed by atoms with Crippen LogP contribution in [0.5, 0.6) is 0 Å². The summed E-state index contributed by atoms with van der Waals surface area (Å²) in [5.41, 5.74) is 3.01. The Morgan fingerprint density at radius 1 is 1.10 bits per heavy atom. The summed E-state index contributed by atoms with van der Waals surface area (Å²) in [7, 11) is 0. The van der Waals surface area contributed by atoms with E-state index in [0.717, 1.165) is 16.5 Å². The second-order valence-corrected chi connectivity index (χ2v) is 5.53. The van der Waals surface area contributed by atoms with Crippen molar-refractivity contribution in [2.24, 2.45) is 0 Å². The van der Waals surface area contributed by atoms with Crippen molar-refractivity contribution in [2.45, 2.75) is 6.92 Å². The summed E-state index contributed by atoms with van der Waals surface area (Å²) >= 11 is 12.0. The van der Waals surface area contributed by atoms with E-state index in [1.807, 2.05) is 13.0 Å². The van der Waals surface area contributed by atoms with Crippen LogP contribution in [0, 0.1) is 6.92 Å². The maximum Gasteiger partial charge on any atom is 0.195 e. The number of carbonyl (C=O) groups is 1. The van der Waals surface area contributed by atoms with Gasteiger partial charge in [-0.1, -0.05) is 23.2 Å². The second-order valence-electron chi connectivity index (χ2n) is 4.69. The molecule has 0 aliphatic heterocycles. The largest absolute Gasteiger partial charge is 0.360 e. The van der Waals surface area contributed by atoms with Crippen LogP contribution < -0.4 is 0 Å². The molecule has 0 unspecified atom stereocenters. The fourth-order valence-corrected chi connectivity index (χ4v) is 2.51. The summed E-state index contributed by atoms with van der Waals surface area (Å²) in [6, 6.07) is 10.7. The van der Waals surface area contributed by atoms with Gasteiger partial charge in [0.15, 0.2) is 5.78 Å². The highest BCUT2D eigenvalue weighted by Gasteiger charge is 2.15. The molecule has 0 saturated carbocycles. The fourth-order valence-electron chi connectivity index (χ4n) is 2.22. The molecule has 0 aliphatic rings. The van der Waals surface area contributed by atoms with E-state index in [1.165, 1.54) is 0 Å². The van der Waals surface area contributed by atoms with Gasteiger partial charge in [0.2, 0.25) is 0 Å². The first-order valence-electron chi connectivity index (χ1n) is 6.14. The molecule has 1 aromatic heterocycles. The fraction of sp³-hybridized carbons (Fsp3) is 0.0625. The number of rotatable bonds is 2. The molecule has 3 aromatic rings. The highest BCUT2D eigenvalue weighted by molar-refractivity contribution is 6.32. The standard InChI is InChI=1S/C16H11Cl2NO/c1-9-6-10(2-4-14(9)18)16(20)13-8-19-15-5-3-11(17)7-12(13)15/h2-8,19H,1H3. The SMILES string of the molecule is Cc1cc(C(=O)c2c[nH]c3ccc(Cl)cc23)ccc1Cl. The molecule has 1 N–H and O–H groups in total. The van der Waals surface area contributed by atoms with Crippen LogP contribution in [0.1, 0.15) is 21.5 Å². The molecule has 2 nitrogen and oxygen atoms in total. The Morgan fingerprint density at radius 3 is 2.65 bits per heavy atom. The Hall–Kier alpha value is -1.77. The number of ketones is 1. The van der Waals surface area contributed by atoms with Crippen LogP contribution in [-0.2, 0) is 0 Å². The van der Waals surface area contributed by atoms with Crippen molar-refractivity contribution >= 4 is 39.9 Å². The highest BCUT2D eigenvalue weighted by Crippen LogP contribution is 2.25. The van der Waals surface area contributed by atoms with Crippen LogP contribution in [-0.4, -0.2) is 10.8 Å². The molecule has 0 aliphatic carbocycles. The van der Waals surface area contributed by atoms with Crippen molar-refractivity contribution in [1.29, 1.82) is 0 Å². The molecule has 0 spiro atoms. The van der Waals surface area contributed by atoms with Gasteiger partial charge in [-0.2, -0.15) is 0 Å². The first-order valence-corrected chi connectivity index (χ1v) is 6.89. The minimum atomic E-state index is -0.0433. The summed E-state index contributed by atoms with van der Waals surface area (Å²) in [6.45, 7) is 1.88. The average molecular weight is 304 g/mol. The minimum Gasteiger partial charge on any atom is -0.360 e. The molecule has 0 bridgehead atoms. The van der Waals surface area contributed by atoms with E-state index < -0.39 is 0 Å². The number of fused-ring (bicyclic) bond motifs is 1. The van der Waals surface area contributed by atoms with Gasteiger partial charge in [0.25, 0.3) is 0 Å². The van der Waals surface area contributed by atoms with Crippen molar-refractivity contribution < 1.29 is 4.79 Å². The lowest BCUT2D eigenvalue weighted by molar-refractivity contribution is 0.104. The van der Waals surface area contributed by atoms with E-state index in [-0.39, 0.29) is 5.78 Å². The first kappa shape index (κ1) is 13.2. The lowest BCUT2D eigenvalue weighted by atomic mass is 10.0. The van der Waals surface area contributed by atoms with Gasteiger partial charge in [0.05, 0.1) is 0 Å². The van der Waals surface area contributed by atoms with E-state index in [4.69, 9.17) is 23.2 Å². The third kappa shape index (κ3) is 2.21. The third-order valence-electron chi connectivity index (χ3n) is 3.31. The van der Waals surface area contributed by atoms with Crippen molar-refractivity contribution in [1.82, 2.24) is 4.98 Å². The number of hydrogen-bond donors (Lipinski definition) is 1. The highest BCUT2D eigenvalue weighted by atomic mass is 35.5. The third-order valence-corrected chi connectivity index (χ3v) is 3.97. The molecular formula is C16H11Cl2NO. The lowest BCUT2D eigenvalue weighted by Gasteiger charge is -2.03. The Kier molecular flexibility index (Phi) is 3.28. The summed E-state index contributed by atoms with van der Waals surface area (Å²) in [6.07, 6.45) is 1.72. The molecule has 2 aromatic carbocycles. The van der Waals surface area contributed by atoms with Crippen LogP contribution in [0.2, 0.25) is 10.0 Å². The van der Waals surface area contributed by atoms with E-state index in [2.05, 4.69) is 4.98 Å². The summed E-state index contributed by atoms with van der Waals surface area (Å²) in [5.74, 6) is -0.0433. The quantitative estimate of drug-likeness (QED) is 0.663. The summed E-state index contributed by atoms with van der Waals surface area (Å²) < 4.78 is 0. The van der Waals surface area contributed by atoms with Crippen LogP contribution in [0.3, 0.4) is 0 Å². The molecular weight excluding hydrogens is 293 g/mol. The Labute approximate surface area is 126 Å². The topological polar surface area (TPSA) is 32.9 Å². The Bertz CT molecular complexity index is 820. The molecule has 1 heterocycles. The zero-order valence-corrected chi connectivity index (χ0v) is 12.2. The van der Waals surface area contributed by atoms with Gasteiger partial charge in [-0.25, -0.2) is 0 Å².